The second-order valence-electron chi connectivity index (χ2n) is 3.50. The molecule has 0 saturated carbocycles. The van der Waals surface area contributed by atoms with Crippen molar-refractivity contribution in [2.75, 3.05) is 0 Å². The standard InChI is InChI=1S/C11H12O6/c12-8(13)5-6-3-1-2-4-7(6)9(14)10(15)11(16)17/h1-4,9-10,14-15H,5H2,(H,12,13)(H,16,17). The highest BCUT2D eigenvalue weighted by atomic mass is 16.4. The lowest BCUT2D eigenvalue weighted by atomic mass is 9.97. The summed E-state index contributed by atoms with van der Waals surface area (Å²) >= 11 is 0. The third kappa shape index (κ3) is 3.27. The molecule has 0 aliphatic rings. The summed E-state index contributed by atoms with van der Waals surface area (Å²) in [5, 5.41) is 36.1. The van der Waals surface area contributed by atoms with Crippen molar-refractivity contribution in [1.82, 2.24) is 0 Å². The van der Waals surface area contributed by atoms with Crippen LogP contribution in [0.4, 0.5) is 0 Å². The highest BCUT2D eigenvalue weighted by Crippen LogP contribution is 2.21. The van der Waals surface area contributed by atoms with E-state index < -0.39 is 24.1 Å². The van der Waals surface area contributed by atoms with Gasteiger partial charge in [0, 0.05) is 0 Å². The van der Waals surface area contributed by atoms with E-state index in [4.69, 9.17) is 10.2 Å². The van der Waals surface area contributed by atoms with Crippen molar-refractivity contribution in [2.24, 2.45) is 0 Å². The van der Waals surface area contributed by atoms with Crippen LogP contribution in [0, 0.1) is 0 Å². The molecule has 0 fully saturated rings. The molecule has 4 N–H and O–H groups in total. The Bertz CT molecular complexity index is 428. The molecule has 2 unspecified atom stereocenters. The second-order valence-corrected chi connectivity index (χ2v) is 3.50. The molecule has 0 heterocycles. The van der Waals surface area contributed by atoms with Gasteiger partial charge in [0.1, 0.15) is 6.10 Å². The second kappa shape index (κ2) is 5.42. The number of aliphatic carboxylic acids is 2. The summed E-state index contributed by atoms with van der Waals surface area (Å²) in [7, 11) is 0. The normalized spacial score (nSPS) is 14.0. The number of aliphatic hydroxyl groups excluding tert-OH is 2. The van der Waals surface area contributed by atoms with Gasteiger partial charge in [0.15, 0.2) is 6.10 Å². The van der Waals surface area contributed by atoms with E-state index in [1.54, 1.807) is 6.07 Å². The summed E-state index contributed by atoms with van der Waals surface area (Å²) in [4.78, 5) is 21.1. The number of carboxylic acids is 2. The lowest BCUT2D eigenvalue weighted by molar-refractivity contribution is -0.153. The molecule has 0 radical (unpaired) electrons. The van der Waals surface area contributed by atoms with Crippen molar-refractivity contribution in [3.63, 3.8) is 0 Å². The van der Waals surface area contributed by atoms with Crippen molar-refractivity contribution in [2.45, 2.75) is 18.6 Å². The zero-order chi connectivity index (χ0) is 13.0. The van der Waals surface area contributed by atoms with E-state index in [-0.39, 0.29) is 17.5 Å². The maximum Gasteiger partial charge on any atom is 0.335 e. The van der Waals surface area contributed by atoms with Crippen molar-refractivity contribution >= 4 is 11.9 Å². The summed E-state index contributed by atoms with van der Waals surface area (Å²) in [6.07, 6.45) is -3.98. The van der Waals surface area contributed by atoms with E-state index in [1.807, 2.05) is 0 Å². The minimum atomic E-state index is -1.98. The molecule has 0 aromatic heterocycles. The molecule has 0 amide bonds. The van der Waals surface area contributed by atoms with Crippen LogP contribution in [-0.2, 0) is 16.0 Å². The molecule has 0 saturated heterocycles. The van der Waals surface area contributed by atoms with Gasteiger partial charge in [0.05, 0.1) is 6.42 Å². The molecule has 6 heteroatoms. The van der Waals surface area contributed by atoms with Crippen LogP contribution in [0.5, 0.6) is 0 Å². The van der Waals surface area contributed by atoms with Crippen LogP contribution >= 0.6 is 0 Å². The van der Waals surface area contributed by atoms with Crippen LogP contribution in [0.1, 0.15) is 17.2 Å². The smallest absolute Gasteiger partial charge is 0.335 e. The summed E-state index contributed by atoms with van der Waals surface area (Å²) in [6.45, 7) is 0. The maximum absolute atomic E-state index is 10.6. The number of benzene rings is 1. The van der Waals surface area contributed by atoms with Crippen LogP contribution in [-0.4, -0.2) is 38.5 Å². The summed E-state index contributed by atoms with van der Waals surface area (Å²) < 4.78 is 0. The average Bonchev–Trinajstić information content (AvgIpc) is 2.27. The Morgan fingerprint density at radius 3 is 2.24 bits per heavy atom. The third-order valence-corrected chi connectivity index (χ3v) is 2.27. The van der Waals surface area contributed by atoms with Crippen molar-refractivity contribution in [3.05, 3.63) is 35.4 Å². The molecule has 6 nitrogen and oxygen atoms in total. The van der Waals surface area contributed by atoms with E-state index >= 15 is 0 Å². The fourth-order valence-corrected chi connectivity index (χ4v) is 1.45. The Morgan fingerprint density at radius 2 is 1.71 bits per heavy atom. The maximum atomic E-state index is 10.6. The van der Waals surface area contributed by atoms with Crippen LogP contribution in [0.15, 0.2) is 24.3 Å². The molecule has 0 aliphatic carbocycles. The van der Waals surface area contributed by atoms with Crippen molar-refractivity contribution in [1.29, 1.82) is 0 Å². The Morgan fingerprint density at radius 1 is 1.12 bits per heavy atom. The van der Waals surface area contributed by atoms with Gasteiger partial charge in [-0.05, 0) is 11.1 Å². The van der Waals surface area contributed by atoms with Gasteiger partial charge in [-0.3, -0.25) is 4.79 Å². The molecule has 1 aromatic carbocycles. The van der Waals surface area contributed by atoms with E-state index in [9.17, 15) is 19.8 Å². The van der Waals surface area contributed by atoms with E-state index in [0.29, 0.717) is 0 Å². The first-order valence-electron chi connectivity index (χ1n) is 4.82. The topological polar surface area (TPSA) is 115 Å². The molecular weight excluding hydrogens is 228 g/mol. The van der Waals surface area contributed by atoms with Gasteiger partial charge in [0.25, 0.3) is 0 Å². The molecule has 1 rings (SSSR count). The Hall–Kier alpha value is -1.92. The third-order valence-electron chi connectivity index (χ3n) is 2.27. The average molecular weight is 240 g/mol. The number of carbonyl (C=O) groups is 2. The quantitative estimate of drug-likeness (QED) is 0.566. The monoisotopic (exact) mass is 240 g/mol. The lowest BCUT2D eigenvalue weighted by Crippen LogP contribution is -2.28. The van der Waals surface area contributed by atoms with Crippen LogP contribution in [0.2, 0.25) is 0 Å². The number of rotatable bonds is 5. The summed E-state index contributed by atoms with van der Waals surface area (Å²) in [6, 6.07) is 5.94. The molecular formula is C11H12O6. The van der Waals surface area contributed by atoms with Gasteiger partial charge in [-0.25, -0.2) is 4.79 Å². The van der Waals surface area contributed by atoms with Gasteiger partial charge in [-0.15, -0.1) is 0 Å². The zero-order valence-electron chi connectivity index (χ0n) is 8.78. The minimum Gasteiger partial charge on any atom is -0.481 e. The van der Waals surface area contributed by atoms with E-state index in [1.165, 1.54) is 18.2 Å². The van der Waals surface area contributed by atoms with E-state index in [0.717, 1.165) is 0 Å². The van der Waals surface area contributed by atoms with E-state index in [2.05, 4.69) is 0 Å². The largest absolute Gasteiger partial charge is 0.481 e. The zero-order valence-corrected chi connectivity index (χ0v) is 8.78. The van der Waals surface area contributed by atoms with Crippen LogP contribution in [0.3, 0.4) is 0 Å². The van der Waals surface area contributed by atoms with Gasteiger partial charge in [0.2, 0.25) is 0 Å². The van der Waals surface area contributed by atoms with Gasteiger partial charge in [-0.2, -0.15) is 0 Å². The van der Waals surface area contributed by atoms with Gasteiger partial charge in [-0.1, -0.05) is 24.3 Å². The molecule has 92 valence electrons. The highest BCUT2D eigenvalue weighted by molar-refractivity contribution is 5.74. The highest BCUT2D eigenvalue weighted by Gasteiger charge is 2.27. The number of carboxylic acid groups (broad SMARTS) is 2. The molecule has 0 aliphatic heterocycles. The van der Waals surface area contributed by atoms with Crippen molar-refractivity contribution < 1.29 is 30.0 Å². The predicted octanol–water partition coefficient (Wildman–Crippen LogP) is -0.207. The SMILES string of the molecule is O=C(O)Cc1ccccc1C(O)C(O)C(=O)O. The first kappa shape index (κ1) is 13.1. The Labute approximate surface area is 96.8 Å². The molecule has 0 spiro atoms. The Kier molecular flexibility index (Phi) is 4.19. The predicted molar refractivity (Wildman–Crippen MR) is 56.4 cm³/mol. The van der Waals surface area contributed by atoms with Crippen LogP contribution in [0.25, 0.3) is 0 Å². The van der Waals surface area contributed by atoms with Crippen LogP contribution < -0.4 is 0 Å². The van der Waals surface area contributed by atoms with Gasteiger partial charge >= 0.3 is 11.9 Å². The van der Waals surface area contributed by atoms with Crippen molar-refractivity contribution in [3.8, 4) is 0 Å². The first-order chi connectivity index (χ1) is 7.93. The summed E-state index contributed by atoms with van der Waals surface area (Å²) in [5.74, 6) is -2.67. The number of hydrogen-bond donors (Lipinski definition) is 4. The first-order valence-corrected chi connectivity index (χ1v) is 4.82. The fraction of sp³-hybridized carbons (Fsp3) is 0.273. The molecule has 2 atom stereocenters. The Balaban J connectivity index is 3.04. The number of hydrogen-bond acceptors (Lipinski definition) is 4. The molecule has 0 bridgehead atoms. The van der Waals surface area contributed by atoms with Gasteiger partial charge < -0.3 is 20.4 Å². The summed E-state index contributed by atoms with van der Waals surface area (Å²) in [5.41, 5.74) is 0.373. The lowest BCUT2D eigenvalue weighted by Gasteiger charge is -2.17. The fourth-order valence-electron chi connectivity index (χ4n) is 1.45. The molecule has 1 aromatic rings. The molecule has 17 heavy (non-hydrogen) atoms. The minimum absolute atomic E-state index is 0.102. The number of aliphatic hydroxyl groups is 2.